The molecular formula is C11H12N2O2. The van der Waals surface area contributed by atoms with Crippen LogP contribution in [0, 0.1) is 11.3 Å². The van der Waals surface area contributed by atoms with Crippen molar-refractivity contribution in [1.82, 2.24) is 0 Å². The van der Waals surface area contributed by atoms with E-state index in [0.29, 0.717) is 17.6 Å². The molecule has 0 aliphatic heterocycles. The fourth-order valence-corrected chi connectivity index (χ4v) is 1.13. The van der Waals surface area contributed by atoms with Crippen LogP contribution in [0.5, 0.6) is 5.75 Å². The zero-order valence-electron chi connectivity index (χ0n) is 8.73. The summed E-state index contributed by atoms with van der Waals surface area (Å²) in [6, 6.07) is 7.10. The van der Waals surface area contributed by atoms with E-state index in [1.54, 1.807) is 12.1 Å². The molecule has 0 heterocycles. The molecule has 0 aliphatic carbocycles. The van der Waals surface area contributed by atoms with Gasteiger partial charge in [0.1, 0.15) is 11.8 Å². The molecule has 4 nitrogen and oxygen atoms in total. The zero-order valence-corrected chi connectivity index (χ0v) is 8.73. The summed E-state index contributed by atoms with van der Waals surface area (Å²) in [7, 11) is 3.79. The lowest BCUT2D eigenvalue weighted by Crippen LogP contribution is -2.09. The molecule has 0 bridgehead atoms. The summed E-state index contributed by atoms with van der Waals surface area (Å²) in [6.45, 7) is -0.0578. The summed E-state index contributed by atoms with van der Waals surface area (Å²) < 4.78 is 5.15. The van der Waals surface area contributed by atoms with Crippen LogP contribution < -0.4 is 9.64 Å². The Morgan fingerprint density at radius 2 is 2.27 bits per heavy atom. The van der Waals surface area contributed by atoms with Crippen LogP contribution in [0.3, 0.4) is 0 Å². The highest BCUT2D eigenvalue weighted by molar-refractivity contribution is 5.80. The van der Waals surface area contributed by atoms with Crippen LogP contribution in [-0.4, -0.2) is 27.0 Å². The zero-order chi connectivity index (χ0) is 11.3. The first kappa shape index (κ1) is 11.1. The minimum absolute atomic E-state index is 0.0578. The van der Waals surface area contributed by atoms with Crippen LogP contribution >= 0.6 is 0 Å². The lowest BCUT2D eigenvalue weighted by atomic mass is 10.2. The van der Waals surface area contributed by atoms with Gasteiger partial charge in [0.2, 0.25) is 0 Å². The van der Waals surface area contributed by atoms with Gasteiger partial charge in [-0.2, -0.15) is 5.26 Å². The maximum absolute atomic E-state index is 10.7. The first-order chi connectivity index (χ1) is 7.19. The first-order valence-corrected chi connectivity index (χ1v) is 4.45. The highest BCUT2D eigenvalue weighted by atomic mass is 16.5. The Kier molecular flexibility index (Phi) is 3.69. The predicted molar refractivity (Wildman–Crippen MR) is 57.3 cm³/mol. The molecular weight excluding hydrogens is 192 g/mol. The molecule has 1 rings (SSSR count). The van der Waals surface area contributed by atoms with E-state index in [9.17, 15) is 4.79 Å². The Labute approximate surface area is 88.7 Å². The van der Waals surface area contributed by atoms with E-state index < -0.39 is 0 Å². The van der Waals surface area contributed by atoms with Gasteiger partial charge in [-0.3, -0.25) is 4.79 Å². The monoisotopic (exact) mass is 204 g/mol. The number of anilines is 1. The standard InChI is InChI=1S/C11H12N2O2/c1-13(2)10-4-3-9(8-14)11(7-10)15-6-5-12/h3-4,7-8H,6H2,1-2H3. The Balaban J connectivity index is 3.02. The van der Waals surface area contributed by atoms with Gasteiger partial charge in [0.25, 0.3) is 0 Å². The van der Waals surface area contributed by atoms with Gasteiger partial charge in [0.05, 0.1) is 5.56 Å². The molecule has 0 radical (unpaired) electrons. The second kappa shape index (κ2) is 5.01. The summed E-state index contributed by atoms with van der Waals surface area (Å²) in [6.07, 6.45) is 0.714. The van der Waals surface area contributed by atoms with Crippen molar-refractivity contribution in [2.45, 2.75) is 0 Å². The van der Waals surface area contributed by atoms with Crippen molar-refractivity contribution in [3.05, 3.63) is 23.8 Å². The SMILES string of the molecule is CN(C)c1ccc(C=O)c(OCC#N)c1. The molecule has 1 aromatic carbocycles. The fourth-order valence-electron chi connectivity index (χ4n) is 1.13. The van der Waals surface area contributed by atoms with E-state index >= 15 is 0 Å². The Morgan fingerprint density at radius 3 is 2.80 bits per heavy atom. The third kappa shape index (κ3) is 2.71. The van der Waals surface area contributed by atoms with Gasteiger partial charge in [0, 0.05) is 25.8 Å². The van der Waals surface area contributed by atoms with Gasteiger partial charge in [-0.1, -0.05) is 0 Å². The van der Waals surface area contributed by atoms with Gasteiger partial charge in [0.15, 0.2) is 12.9 Å². The van der Waals surface area contributed by atoms with Crippen molar-refractivity contribution in [3.63, 3.8) is 0 Å². The molecule has 0 aliphatic rings. The van der Waals surface area contributed by atoms with E-state index in [4.69, 9.17) is 10.00 Å². The molecule has 0 saturated carbocycles. The molecule has 78 valence electrons. The number of aldehydes is 1. The maximum Gasteiger partial charge on any atom is 0.174 e. The number of hydrogen-bond donors (Lipinski definition) is 0. The largest absolute Gasteiger partial charge is 0.478 e. The summed E-state index contributed by atoms with van der Waals surface area (Å²) in [4.78, 5) is 12.6. The molecule has 15 heavy (non-hydrogen) atoms. The highest BCUT2D eigenvalue weighted by Gasteiger charge is 2.05. The molecule has 4 heteroatoms. The lowest BCUT2D eigenvalue weighted by Gasteiger charge is -2.14. The molecule has 0 aromatic heterocycles. The van der Waals surface area contributed by atoms with Crippen LogP contribution in [-0.2, 0) is 0 Å². The van der Waals surface area contributed by atoms with Crippen molar-refractivity contribution in [1.29, 1.82) is 5.26 Å². The molecule has 0 fully saturated rings. The average Bonchev–Trinajstić information content (AvgIpc) is 2.25. The molecule has 0 N–H and O–H groups in total. The van der Waals surface area contributed by atoms with Crippen molar-refractivity contribution < 1.29 is 9.53 Å². The number of benzene rings is 1. The quantitative estimate of drug-likeness (QED) is 0.697. The van der Waals surface area contributed by atoms with Crippen LogP contribution in [0.2, 0.25) is 0 Å². The minimum atomic E-state index is -0.0578. The van der Waals surface area contributed by atoms with Crippen molar-refractivity contribution in [3.8, 4) is 11.8 Å². The van der Waals surface area contributed by atoms with E-state index in [-0.39, 0.29) is 6.61 Å². The van der Waals surface area contributed by atoms with Crippen molar-refractivity contribution >= 4 is 12.0 Å². The Bertz CT molecular complexity index is 394. The number of carbonyl (C=O) groups excluding carboxylic acids is 1. The number of rotatable bonds is 4. The maximum atomic E-state index is 10.7. The van der Waals surface area contributed by atoms with Crippen LogP contribution in [0.25, 0.3) is 0 Å². The third-order valence-corrected chi connectivity index (χ3v) is 1.93. The van der Waals surface area contributed by atoms with E-state index in [1.165, 1.54) is 0 Å². The van der Waals surface area contributed by atoms with E-state index in [0.717, 1.165) is 5.69 Å². The summed E-state index contributed by atoms with van der Waals surface area (Å²) in [5, 5.41) is 8.40. The number of nitrogens with zero attached hydrogens (tertiary/aromatic N) is 2. The third-order valence-electron chi connectivity index (χ3n) is 1.93. The number of hydrogen-bond acceptors (Lipinski definition) is 4. The van der Waals surface area contributed by atoms with Crippen molar-refractivity contribution in [2.24, 2.45) is 0 Å². The van der Waals surface area contributed by atoms with Crippen LogP contribution in [0.1, 0.15) is 10.4 Å². The first-order valence-electron chi connectivity index (χ1n) is 4.45. The molecule has 0 spiro atoms. The molecule has 0 saturated heterocycles. The number of nitriles is 1. The van der Waals surface area contributed by atoms with E-state index in [2.05, 4.69) is 0 Å². The van der Waals surface area contributed by atoms with Crippen LogP contribution in [0.15, 0.2) is 18.2 Å². The van der Waals surface area contributed by atoms with Gasteiger partial charge < -0.3 is 9.64 Å². The Morgan fingerprint density at radius 1 is 1.53 bits per heavy atom. The van der Waals surface area contributed by atoms with Gasteiger partial charge in [-0.05, 0) is 12.1 Å². The normalized spacial score (nSPS) is 9.13. The van der Waals surface area contributed by atoms with Crippen molar-refractivity contribution in [2.75, 3.05) is 25.6 Å². The van der Waals surface area contributed by atoms with E-state index in [1.807, 2.05) is 31.1 Å². The molecule has 0 unspecified atom stereocenters. The van der Waals surface area contributed by atoms with Crippen LogP contribution in [0.4, 0.5) is 5.69 Å². The fraction of sp³-hybridized carbons (Fsp3) is 0.273. The van der Waals surface area contributed by atoms with Gasteiger partial charge >= 0.3 is 0 Å². The minimum Gasteiger partial charge on any atom is -0.478 e. The summed E-state index contributed by atoms with van der Waals surface area (Å²) >= 11 is 0. The summed E-state index contributed by atoms with van der Waals surface area (Å²) in [5.74, 6) is 0.442. The molecule has 0 amide bonds. The number of carbonyl (C=O) groups is 1. The smallest absolute Gasteiger partial charge is 0.174 e. The average molecular weight is 204 g/mol. The highest BCUT2D eigenvalue weighted by Crippen LogP contribution is 2.23. The number of ether oxygens (including phenoxy) is 1. The van der Waals surface area contributed by atoms with Gasteiger partial charge in [-0.15, -0.1) is 0 Å². The Hall–Kier alpha value is -2.02. The molecule has 1 aromatic rings. The lowest BCUT2D eigenvalue weighted by molar-refractivity contribution is 0.112. The second-order valence-electron chi connectivity index (χ2n) is 3.18. The summed E-state index contributed by atoms with van der Waals surface area (Å²) in [5.41, 5.74) is 1.38. The molecule has 0 atom stereocenters. The second-order valence-corrected chi connectivity index (χ2v) is 3.18. The topological polar surface area (TPSA) is 53.3 Å². The predicted octanol–water partition coefficient (Wildman–Crippen LogP) is 1.47. The van der Waals surface area contributed by atoms with Gasteiger partial charge in [-0.25, -0.2) is 0 Å².